The molecule has 0 aromatic heterocycles. The standard InChI is InChI=1S/C14H22BrClN6O2/c1-13(2,3)19-21(23)11-8(16)7(15)9(17)12(10(11)18)22(24)20-14(4,5)6/h17-18H2,1-6H3. The van der Waals surface area contributed by atoms with Crippen LogP contribution in [0.5, 0.6) is 0 Å². The molecule has 0 radical (unpaired) electrons. The molecule has 0 saturated heterocycles. The topological polar surface area (TPSA) is 129 Å². The molecule has 0 aliphatic carbocycles. The largest absolute Gasteiger partial charge is 0.594 e. The number of azo groups is 2. The lowest BCUT2D eigenvalue weighted by Crippen LogP contribution is -2.16. The average Bonchev–Trinajstić information content (AvgIpc) is 2.31. The maximum absolute atomic E-state index is 12.4. The summed E-state index contributed by atoms with van der Waals surface area (Å²) < 4.78 is 0.179. The Labute approximate surface area is 154 Å². The van der Waals surface area contributed by atoms with Gasteiger partial charge in [0.2, 0.25) is 0 Å². The molecule has 0 aliphatic heterocycles. The molecule has 0 bridgehead atoms. The molecular weight excluding hydrogens is 400 g/mol. The van der Waals surface area contributed by atoms with E-state index in [1.807, 2.05) is 0 Å². The van der Waals surface area contributed by atoms with Crippen LogP contribution >= 0.6 is 27.5 Å². The van der Waals surface area contributed by atoms with Gasteiger partial charge < -0.3 is 21.9 Å². The Morgan fingerprint density at radius 2 is 1.25 bits per heavy atom. The van der Waals surface area contributed by atoms with Gasteiger partial charge in [-0.2, -0.15) is 0 Å². The van der Waals surface area contributed by atoms with Crippen molar-refractivity contribution in [1.82, 2.24) is 0 Å². The molecule has 8 nitrogen and oxygen atoms in total. The lowest BCUT2D eigenvalue weighted by molar-refractivity contribution is -0.455. The summed E-state index contributed by atoms with van der Waals surface area (Å²) in [4.78, 5) is 0.608. The normalized spacial score (nSPS) is 14.2. The lowest BCUT2D eigenvalue weighted by Gasteiger charge is -2.16. The van der Waals surface area contributed by atoms with Gasteiger partial charge in [0.15, 0.2) is 5.69 Å². The van der Waals surface area contributed by atoms with E-state index in [9.17, 15) is 10.4 Å². The Kier molecular flexibility index (Phi) is 5.72. The molecule has 1 aromatic rings. The van der Waals surface area contributed by atoms with Crippen LogP contribution in [0.2, 0.25) is 5.02 Å². The van der Waals surface area contributed by atoms with Gasteiger partial charge in [-0.15, -0.1) is 0 Å². The third kappa shape index (κ3) is 4.70. The van der Waals surface area contributed by atoms with E-state index >= 15 is 0 Å². The van der Waals surface area contributed by atoms with Gasteiger partial charge in [-0.1, -0.05) is 21.3 Å². The molecule has 0 amide bonds. The highest BCUT2D eigenvalue weighted by molar-refractivity contribution is 9.10. The zero-order valence-corrected chi connectivity index (χ0v) is 16.9. The van der Waals surface area contributed by atoms with E-state index in [1.54, 1.807) is 41.5 Å². The van der Waals surface area contributed by atoms with Crippen LogP contribution < -0.4 is 11.5 Å². The lowest BCUT2D eigenvalue weighted by atomic mass is 10.1. The van der Waals surface area contributed by atoms with Crippen molar-refractivity contribution >= 4 is 50.3 Å². The monoisotopic (exact) mass is 420 g/mol. The maximum Gasteiger partial charge on any atom is 0.298 e. The van der Waals surface area contributed by atoms with Crippen LogP contribution in [0.4, 0.5) is 22.7 Å². The molecule has 24 heavy (non-hydrogen) atoms. The summed E-state index contributed by atoms with van der Waals surface area (Å²) in [7, 11) is 0. The summed E-state index contributed by atoms with van der Waals surface area (Å²) in [5.41, 5.74) is 10.1. The molecule has 134 valence electrons. The number of benzene rings is 1. The Balaban J connectivity index is 3.79. The van der Waals surface area contributed by atoms with Crippen molar-refractivity contribution in [3.8, 4) is 0 Å². The summed E-state index contributed by atoms with van der Waals surface area (Å²) in [5, 5.41) is 32.7. The number of anilines is 2. The van der Waals surface area contributed by atoms with Crippen molar-refractivity contribution in [2.24, 2.45) is 10.2 Å². The molecule has 0 unspecified atom stereocenters. The van der Waals surface area contributed by atoms with Crippen LogP contribution in [0.3, 0.4) is 0 Å². The van der Waals surface area contributed by atoms with Crippen LogP contribution in [-0.2, 0) is 0 Å². The minimum atomic E-state index is -0.668. The highest BCUT2D eigenvalue weighted by Gasteiger charge is 2.32. The first-order chi connectivity index (χ1) is 10.7. The number of nitrogen functional groups attached to an aromatic ring is 2. The quantitative estimate of drug-likeness (QED) is 0.299. The van der Waals surface area contributed by atoms with E-state index in [2.05, 4.69) is 26.2 Å². The molecule has 4 N–H and O–H groups in total. The van der Waals surface area contributed by atoms with Crippen molar-refractivity contribution in [2.45, 2.75) is 52.6 Å². The number of nitrogens with zero attached hydrogens (tertiary/aromatic N) is 4. The number of halogens is 2. The van der Waals surface area contributed by atoms with Gasteiger partial charge in [0.05, 0.1) is 4.47 Å². The second-order valence-electron chi connectivity index (χ2n) is 7.24. The van der Waals surface area contributed by atoms with E-state index in [0.717, 1.165) is 0 Å². The van der Waals surface area contributed by atoms with Crippen molar-refractivity contribution in [1.29, 1.82) is 0 Å². The smallest absolute Gasteiger partial charge is 0.298 e. The average molecular weight is 422 g/mol. The number of rotatable bonds is 2. The summed E-state index contributed by atoms with van der Waals surface area (Å²) in [5.74, 6) is 0. The van der Waals surface area contributed by atoms with E-state index < -0.39 is 11.1 Å². The van der Waals surface area contributed by atoms with Crippen molar-refractivity contribution in [3.63, 3.8) is 0 Å². The Morgan fingerprint density at radius 3 is 1.62 bits per heavy atom. The zero-order chi connectivity index (χ0) is 19.0. The molecule has 0 spiro atoms. The van der Waals surface area contributed by atoms with Crippen LogP contribution in [0.25, 0.3) is 0 Å². The van der Waals surface area contributed by atoms with Crippen LogP contribution in [0.15, 0.2) is 14.7 Å². The van der Waals surface area contributed by atoms with Gasteiger partial charge in [-0.05, 0) is 67.7 Å². The second-order valence-corrected chi connectivity index (χ2v) is 8.41. The zero-order valence-electron chi connectivity index (χ0n) is 14.5. The van der Waals surface area contributed by atoms with Gasteiger partial charge in [-0.3, -0.25) is 0 Å². The van der Waals surface area contributed by atoms with Gasteiger partial charge in [-0.25, -0.2) is 0 Å². The molecule has 0 heterocycles. The van der Waals surface area contributed by atoms with Gasteiger partial charge in [0.25, 0.3) is 11.4 Å². The Bertz CT molecular complexity index is 662. The first-order valence-corrected chi connectivity index (χ1v) is 8.29. The molecule has 1 aromatic carbocycles. The van der Waals surface area contributed by atoms with Gasteiger partial charge >= 0.3 is 0 Å². The van der Waals surface area contributed by atoms with E-state index in [-0.39, 0.29) is 32.2 Å². The highest BCUT2D eigenvalue weighted by atomic mass is 79.9. The SMILES string of the molecule is CC(C)(C)N=[N+]([O-])c1c(N)c(Br)c(Cl)c([N+]([O-])=NC(C)(C)C)c1N. The first-order valence-electron chi connectivity index (χ1n) is 7.11. The van der Waals surface area contributed by atoms with Crippen LogP contribution in [0, 0.1) is 10.4 Å². The molecule has 10 heteroatoms. The Hall–Kier alpha value is -1.61. The van der Waals surface area contributed by atoms with E-state index in [4.69, 9.17) is 23.1 Å². The molecule has 0 atom stereocenters. The summed E-state index contributed by atoms with van der Waals surface area (Å²) >= 11 is 9.36. The first kappa shape index (κ1) is 20.4. The minimum Gasteiger partial charge on any atom is -0.594 e. The van der Waals surface area contributed by atoms with Gasteiger partial charge in [0.1, 0.15) is 21.8 Å². The van der Waals surface area contributed by atoms with E-state index in [0.29, 0.717) is 9.72 Å². The number of hydrogen-bond donors (Lipinski definition) is 2. The molecule has 0 fully saturated rings. The van der Waals surface area contributed by atoms with Crippen LogP contribution in [-0.4, -0.2) is 20.8 Å². The molecule has 0 saturated carbocycles. The summed E-state index contributed by atoms with van der Waals surface area (Å²) in [6.45, 7) is 10.4. The van der Waals surface area contributed by atoms with E-state index in [1.165, 1.54) is 0 Å². The third-order valence-electron chi connectivity index (χ3n) is 2.57. The van der Waals surface area contributed by atoms with Gasteiger partial charge in [0, 0.05) is 0 Å². The highest BCUT2D eigenvalue weighted by Crippen LogP contribution is 2.48. The Morgan fingerprint density at radius 1 is 0.875 bits per heavy atom. The van der Waals surface area contributed by atoms with Crippen molar-refractivity contribution in [3.05, 3.63) is 19.9 Å². The van der Waals surface area contributed by atoms with Crippen molar-refractivity contribution < 1.29 is 9.72 Å². The fourth-order valence-electron chi connectivity index (χ4n) is 1.74. The second kappa shape index (κ2) is 6.72. The molecule has 1 rings (SSSR count). The number of nitrogens with two attached hydrogens (primary N) is 2. The predicted octanol–water partition coefficient (Wildman–Crippen LogP) is 5.05. The molecular formula is C14H22BrClN6O2. The van der Waals surface area contributed by atoms with Crippen LogP contribution in [0.1, 0.15) is 41.5 Å². The minimum absolute atomic E-state index is 0.00610. The predicted molar refractivity (Wildman–Crippen MR) is 98.9 cm³/mol. The number of hydrogen-bond acceptors (Lipinski definition) is 6. The fraction of sp³-hybridized carbons (Fsp3) is 0.571. The van der Waals surface area contributed by atoms with Crippen molar-refractivity contribution in [2.75, 3.05) is 11.5 Å². The summed E-state index contributed by atoms with van der Waals surface area (Å²) in [6.07, 6.45) is 0. The third-order valence-corrected chi connectivity index (χ3v) is 3.99. The fourth-order valence-corrected chi connectivity index (χ4v) is 2.39. The maximum atomic E-state index is 12.4. The molecule has 0 aliphatic rings. The summed E-state index contributed by atoms with van der Waals surface area (Å²) in [6, 6.07) is 0.